The molecule has 2 aliphatic rings. The van der Waals surface area contributed by atoms with Crippen LogP contribution in [0.25, 0.3) is 0 Å². The highest BCUT2D eigenvalue weighted by molar-refractivity contribution is 5.88. The average molecular weight is 460 g/mol. The molecule has 2 amide bonds. The van der Waals surface area contributed by atoms with E-state index in [1.165, 1.54) is 0 Å². The number of likely N-dealkylation sites (tertiary alicyclic amines) is 1. The third kappa shape index (κ3) is 6.25. The number of rotatable bonds is 8. The number of hydrogen-bond donors (Lipinski definition) is 1. The number of alkyl carbamates (subject to hydrolysis) is 1. The Labute approximate surface area is 196 Å². The highest BCUT2D eigenvalue weighted by atomic mass is 16.5. The number of carbonyl (C=O) groups is 3. The first-order valence-corrected chi connectivity index (χ1v) is 12.0. The van der Waals surface area contributed by atoms with Crippen molar-refractivity contribution in [3.05, 3.63) is 35.9 Å². The Morgan fingerprint density at radius 1 is 1.15 bits per heavy atom. The van der Waals surface area contributed by atoms with Gasteiger partial charge in [0, 0.05) is 24.7 Å². The molecule has 1 aromatic rings. The molecule has 1 N–H and O–H groups in total. The summed E-state index contributed by atoms with van der Waals surface area (Å²) in [5, 5.41) is 2.70. The van der Waals surface area contributed by atoms with Crippen molar-refractivity contribution in [1.82, 2.24) is 15.1 Å². The van der Waals surface area contributed by atoms with Gasteiger partial charge < -0.3 is 24.6 Å². The predicted octanol–water partition coefficient (Wildman–Crippen LogP) is 2.95. The maximum Gasteiger partial charge on any atom is 0.408 e. The summed E-state index contributed by atoms with van der Waals surface area (Å²) in [7, 11) is 2.08. The zero-order valence-corrected chi connectivity index (χ0v) is 20.2. The number of benzene rings is 1. The van der Waals surface area contributed by atoms with E-state index in [2.05, 4.69) is 31.1 Å². The van der Waals surface area contributed by atoms with Gasteiger partial charge in [-0.25, -0.2) is 4.79 Å². The quantitative estimate of drug-likeness (QED) is 0.602. The van der Waals surface area contributed by atoms with E-state index in [1.807, 2.05) is 30.3 Å². The summed E-state index contributed by atoms with van der Waals surface area (Å²) in [6.07, 6.45) is 2.21. The van der Waals surface area contributed by atoms with Gasteiger partial charge in [-0.05, 0) is 59.1 Å². The lowest BCUT2D eigenvalue weighted by Gasteiger charge is -2.43. The van der Waals surface area contributed by atoms with Crippen LogP contribution in [0.15, 0.2) is 30.3 Å². The van der Waals surface area contributed by atoms with Crippen LogP contribution < -0.4 is 5.32 Å². The van der Waals surface area contributed by atoms with Crippen LogP contribution in [0.5, 0.6) is 0 Å². The lowest BCUT2D eigenvalue weighted by molar-refractivity contribution is -0.154. The van der Waals surface area contributed by atoms with Crippen LogP contribution in [0.3, 0.4) is 0 Å². The minimum absolute atomic E-state index is 0.148. The van der Waals surface area contributed by atoms with Crippen molar-refractivity contribution in [3.8, 4) is 0 Å². The van der Waals surface area contributed by atoms with E-state index in [0.717, 1.165) is 18.4 Å². The Morgan fingerprint density at radius 3 is 2.55 bits per heavy atom. The highest BCUT2D eigenvalue weighted by Gasteiger charge is 2.45. The van der Waals surface area contributed by atoms with Crippen molar-refractivity contribution in [2.24, 2.45) is 5.92 Å². The molecule has 0 radical (unpaired) electrons. The van der Waals surface area contributed by atoms with Crippen molar-refractivity contribution in [1.29, 1.82) is 0 Å². The zero-order chi connectivity index (χ0) is 24.0. The summed E-state index contributed by atoms with van der Waals surface area (Å²) in [4.78, 5) is 42.3. The van der Waals surface area contributed by atoms with Crippen LogP contribution in [0.2, 0.25) is 0 Å². The number of amides is 2. The topological polar surface area (TPSA) is 88.2 Å². The largest absolute Gasteiger partial charge is 0.466 e. The molecule has 2 fully saturated rings. The maximum atomic E-state index is 13.2. The Hall–Kier alpha value is -2.61. The van der Waals surface area contributed by atoms with Gasteiger partial charge in [-0.1, -0.05) is 30.3 Å². The number of hydrogen-bond acceptors (Lipinski definition) is 6. The lowest BCUT2D eigenvalue weighted by atomic mass is 9.80. The average Bonchev–Trinajstić information content (AvgIpc) is 3.17. The summed E-state index contributed by atoms with van der Waals surface area (Å²) in [5.74, 6) is -0.755. The molecule has 1 saturated carbocycles. The first kappa shape index (κ1) is 25.0. The molecule has 1 aliphatic heterocycles. The molecule has 0 aromatic heterocycles. The fraction of sp³-hybridized carbons (Fsp3) is 0.640. The molecular weight excluding hydrogens is 422 g/mol. The fourth-order valence-electron chi connectivity index (χ4n) is 4.87. The molecule has 1 aliphatic carbocycles. The van der Waals surface area contributed by atoms with Gasteiger partial charge in [-0.2, -0.15) is 0 Å². The zero-order valence-electron chi connectivity index (χ0n) is 20.2. The van der Waals surface area contributed by atoms with Gasteiger partial charge >= 0.3 is 12.1 Å². The van der Waals surface area contributed by atoms with Gasteiger partial charge in [0.05, 0.1) is 12.5 Å². The van der Waals surface area contributed by atoms with Gasteiger partial charge in [0.25, 0.3) is 0 Å². The number of esters is 1. The molecule has 1 aromatic carbocycles. The van der Waals surface area contributed by atoms with Crippen LogP contribution in [0, 0.1) is 5.92 Å². The Balaban J connectivity index is 1.61. The second-order valence-electron chi connectivity index (χ2n) is 9.23. The second kappa shape index (κ2) is 11.5. The Morgan fingerprint density at radius 2 is 1.88 bits per heavy atom. The summed E-state index contributed by atoms with van der Waals surface area (Å²) in [6.45, 7) is 7.06. The van der Waals surface area contributed by atoms with Gasteiger partial charge in [0.2, 0.25) is 5.91 Å². The maximum absolute atomic E-state index is 13.2. The summed E-state index contributed by atoms with van der Waals surface area (Å²) >= 11 is 0. The van der Waals surface area contributed by atoms with Gasteiger partial charge in [-0.3, -0.25) is 9.59 Å². The van der Waals surface area contributed by atoms with Crippen molar-refractivity contribution >= 4 is 18.0 Å². The smallest absolute Gasteiger partial charge is 0.408 e. The van der Waals surface area contributed by atoms with E-state index in [-0.39, 0.29) is 36.5 Å². The third-order valence-electron chi connectivity index (χ3n) is 6.91. The van der Waals surface area contributed by atoms with E-state index >= 15 is 0 Å². The Bertz CT molecular complexity index is 816. The van der Waals surface area contributed by atoms with Crippen LogP contribution >= 0.6 is 0 Å². The summed E-state index contributed by atoms with van der Waals surface area (Å²) < 4.78 is 10.6. The van der Waals surface area contributed by atoms with Gasteiger partial charge in [0.1, 0.15) is 12.6 Å². The summed E-state index contributed by atoms with van der Waals surface area (Å²) in [5.41, 5.74) is 0.882. The molecule has 1 saturated heterocycles. The first-order chi connectivity index (χ1) is 15.8. The van der Waals surface area contributed by atoms with Crippen molar-refractivity contribution in [2.75, 3.05) is 20.2 Å². The van der Waals surface area contributed by atoms with Crippen LogP contribution in [0.1, 0.15) is 52.0 Å². The lowest BCUT2D eigenvalue weighted by Crippen LogP contribution is -2.53. The van der Waals surface area contributed by atoms with Gasteiger partial charge in [-0.15, -0.1) is 0 Å². The third-order valence-corrected chi connectivity index (χ3v) is 6.91. The fourth-order valence-corrected chi connectivity index (χ4v) is 4.87. The minimum atomic E-state index is -0.632. The molecule has 0 bridgehead atoms. The number of nitrogens with zero attached hydrogens (tertiary/aromatic N) is 2. The van der Waals surface area contributed by atoms with Crippen molar-refractivity contribution in [3.63, 3.8) is 0 Å². The molecule has 8 nitrogen and oxygen atoms in total. The molecule has 4 atom stereocenters. The highest BCUT2D eigenvalue weighted by Crippen LogP contribution is 2.34. The minimum Gasteiger partial charge on any atom is -0.466 e. The van der Waals surface area contributed by atoms with E-state index < -0.39 is 12.1 Å². The standard InChI is InChI=1S/C25H37N3O5/c1-5-32-24(30)20-15-19(27(4)17(2)3)11-12-22(20)28-14-13-21(23(28)29)26-25(31)33-16-18-9-7-6-8-10-18/h6-10,17,19-22H,5,11-16H2,1-4H3,(H,26,31)/t19-,20-,21+,22+/m1/s1. The van der Waals surface area contributed by atoms with Crippen LogP contribution in [-0.2, 0) is 25.7 Å². The number of nitrogens with one attached hydrogen (secondary N) is 1. The van der Waals surface area contributed by atoms with E-state index in [9.17, 15) is 14.4 Å². The van der Waals surface area contributed by atoms with Crippen LogP contribution in [-0.4, -0.2) is 72.1 Å². The number of ether oxygens (including phenoxy) is 2. The predicted molar refractivity (Wildman–Crippen MR) is 124 cm³/mol. The monoisotopic (exact) mass is 459 g/mol. The molecular formula is C25H37N3O5. The van der Waals surface area contributed by atoms with E-state index in [4.69, 9.17) is 9.47 Å². The molecule has 182 valence electrons. The normalized spacial score (nSPS) is 25.4. The second-order valence-corrected chi connectivity index (χ2v) is 9.23. The van der Waals surface area contributed by atoms with Crippen molar-refractivity contribution in [2.45, 2.75) is 77.2 Å². The molecule has 0 spiro atoms. The Kier molecular flexibility index (Phi) is 8.72. The molecule has 1 heterocycles. The van der Waals surface area contributed by atoms with E-state index in [1.54, 1.807) is 11.8 Å². The molecule has 8 heteroatoms. The molecule has 33 heavy (non-hydrogen) atoms. The summed E-state index contributed by atoms with van der Waals surface area (Å²) in [6, 6.07) is 9.20. The first-order valence-electron chi connectivity index (χ1n) is 12.0. The molecule has 3 rings (SSSR count). The SMILES string of the molecule is CCOC(=O)[C@@H]1C[C@H](N(C)C(C)C)CC[C@@H]1N1CC[C@H](NC(=O)OCc2ccccc2)C1=O. The van der Waals surface area contributed by atoms with Crippen LogP contribution in [0.4, 0.5) is 4.79 Å². The number of carbonyl (C=O) groups excluding carboxylic acids is 3. The van der Waals surface area contributed by atoms with Gasteiger partial charge in [0.15, 0.2) is 0 Å². The van der Waals surface area contributed by atoms with E-state index in [0.29, 0.717) is 32.0 Å². The molecule has 0 unspecified atom stereocenters. The van der Waals surface area contributed by atoms with Crippen molar-refractivity contribution < 1.29 is 23.9 Å².